The normalized spacial score (nSPS) is 19.2. The number of aromatic nitrogens is 3. The highest BCUT2D eigenvalue weighted by Gasteiger charge is 2.26. The lowest BCUT2D eigenvalue weighted by Gasteiger charge is -2.30. The van der Waals surface area contributed by atoms with Gasteiger partial charge in [0.15, 0.2) is 6.29 Å². The summed E-state index contributed by atoms with van der Waals surface area (Å²) in [7, 11) is 1.66. The molecule has 2 aromatic heterocycles. The van der Waals surface area contributed by atoms with Gasteiger partial charge in [-0.25, -0.2) is 4.98 Å². The molecule has 1 amide bonds. The maximum Gasteiger partial charge on any atom is 0.250 e. The third kappa shape index (κ3) is 3.88. The molecule has 8 nitrogen and oxygen atoms in total. The van der Waals surface area contributed by atoms with Crippen molar-refractivity contribution in [2.24, 2.45) is 5.73 Å². The summed E-state index contributed by atoms with van der Waals surface area (Å²) in [6.45, 7) is 1.18. The van der Waals surface area contributed by atoms with Crippen molar-refractivity contribution >= 4 is 23.1 Å². The van der Waals surface area contributed by atoms with Crippen molar-refractivity contribution in [3.8, 4) is 5.69 Å². The summed E-state index contributed by atoms with van der Waals surface area (Å²) in [4.78, 5) is 28.2. The Bertz CT molecular complexity index is 1030. The van der Waals surface area contributed by atoms with Gasteiger partial charge < -0.3 is 24.3 Å². The van der Waals surface area contributed by atoms with Crippen LogP contribution in [-0.4, -0.2) is 52.7 Å². The van der Waals surface area contributed by atoms with Gasteiger partial charge in [0, 0.05) is 48.4 Å². The fraction of sp³-hybridized carbons (Fsp3) is 0.409. The molecule has 1 aromatic carbocycles. The number of fused-ring (bicyclic) bond motifs is 1. The zero-order valence-electron chi connectivity index (χ0n) is 17.0. The Morgan fingerprint density at radius 3 is 2.70 bits per heavy atom. The maximum atomic E-state index is 12.3. The summed E-state index contributed by atoms with van der Waals surface area (Å²) >= 11 is 0. The summed E-state index contributed by atoms with van der Waals surface area (Å²) in [5.74, 6) is -0.518. The number of imidazole rings is 1. The molecule has 0 radical (unpaired) electrons. The SMILES string of the molecule is COCCOC1CCC(n2cc(C=O)c3cc(-n4ccnc4)cc(C(N)=O)c32)CC1. The van der Waals surface area contributed by atoms with Gasteiger partial charge in [-0.3, -0.25) is 9.59 Å². The number of benzene rings is 1. The second-order valence-corrected chi connectivity index (χ2v) is 7.63. The Kier molecular flexibility index (Phi) is 5.96. The lowest BCUT2D eigenvalue weighted by atomic mass is 9.92. The number of hydrogen-bond donors (Lipinski definition) is 1. The van der Waals surface area contributed by atoms with Gasteiger partial charge in [0.1, 0.15) is 0 Å². The van der Waals surface area contributed by atoms with Crippen molar-refractivity contribution in [3.63, 3.8) is 0 Å². The van der Waals surface area contributed by atoms with E-state index in [0.29, 0.717) is 24.3 Å². The molecule has 0 aliphatic heterocycles. The number of carbonyl (C=O) groups is 2. The summed E-state index contributed by atoms with van der Waals surface area (Å²) in [6, 6.07) is 3.85. The van der Waals surface area contributed by atoms with E-state index >= 15 is 0 Å². The topological polar surface area (TPSA) is 101 Å². The molecule has 1 fully saturated rings. The third-order valence-electron chi connectivity index (χ3n) is 5.82. The van der Waals surface area contributed by atoms with E-state index in [1.807, 2.05) is 12.3 Å². The fourth-order valence-corrected chi connectivity index (χ4v) is 4.32. The van der Waals surface area contributed by atoms with Crippen molar-refractivity contribution in [3.05, 3.63) is 48.2 Å². The van der Waals surface area contributed by atoms with Crippen molar-refractivity contribution in [1.29, 1.82) is 0 Å². The van der Waals surface area contributed by atoms with Gasteiger partial charge in [-0.2, -0.15) is 0 Å². The minimum absolute atomic E-state index is 0.181. The molecule has 3 aromatic rings. The van der Waals surface area contributed by atoms with Crippen LogP contribution in [0.3, 0.4) is 0 Å². The molecule has 2 N–H and O–H groups in total. The number of aldehydes is 1. The van der Waals surface area contributed by atoms with Crippen molar-refractivity contribution < 1.29 is 19.1 Å². The number of nitrogens with zero attached hydrogens (tertiary/aromatic N) is 3. The van der Waals surface area contributed by atoms with Crippen LogP contribution in [0.2, 0.25) is 0 Å². The molecule has 0 atom stereocenters. The molecule has 2 heterocycles. The van der Waals surface area contributed by atoms with Gasteiger partial charge in [0.25, 0.3) is 5.91 Å². The predicted octanol–water partition coefficient (Wildman–Crippen LogP) is 2.89. The van der Waals surface area contributed by atoms with E-state index < -0.39 is 5.91 Å². The quantitative estimate of drug-likeness (QED) is 0.454. The van der Waals surface area contributed by atoms with Crippen molar-refractivity contribution in [2.75, 3.05) is 20.3 Å². The highest BCUT2D eigenvalue weighted by Crippen LogP contribution is 2.36. The number of hydrogen-bond acceptors (Lipinski definition) is 5. The van der Waals surface area contributed by atoms with Gasteiger partial charge in [0.2, 0.25) is 0 Å². The van der Waals surface area contributed by atoms with Gasteiger partial charge in [0.05, 0.1) is 36.7 Å². The summed E-state index contributed by atoms with van der Waals surface area (Å²) < 4.78 is 14.8. The van der Waals surface area contributed by atoms with Crippen LogP contribution in [0, 0.1) is 0 Å². The van der Waals surface area contributed by atoms with Crippen LogP contribution < -0.4 is 5.73 Å². The van der Waals surface area contributed by atoms with Gasteiger partial charge in [-0.1, -0.05) is 0 Å². The molecule has 4 rings (SSSR count). The first-order valence-corrected chi connectivity index (χ1v) is 10.1. The predicted molar refractivity (Wildman–Crippen MR) is 112 cm³/mol. The highest BCUT2D eigenvalue weighted by atomic mass is 16.5. The van der Waals surface area contributed by atoms with E-state index in [1.165, 1.54) is 0 Å². The number of nitrogens with two attached hydrogens (primary N) is 1. The Hall–Kier alpha value is -2.97. The Morgan fingerprint density at radius 2 is 2.07 bits per heavy atom. The summed E-state index contributed by atoms with van der Waals surface area (Å²) in [6.07, 6.45) is 11.6. The Balaban J connectivity index is 1.69. The van der Waals surface area contributed by atoms with Crippen LogP contribution in [0.4, 0.5) is 0 Å². The first-order chi connectivity index (χ1) is 14.6. The molecule has 158 valence electrons. The largest absolute Gasteiger partial charge is 0.382 e. The average Bonchev–Trinajstić information content (AvgIpc) is 3.42. The number of primary amides is 1. The van der Waals surface area contributed by atoms with E-state index in [-0.39, 0.29) is 12.1 Å². The van der Waals surface area contributed by atoms with Gasteiger partial charge in [-0.05, 0) is 37.8 Å². The zero-order chi connectivity index (χ0) is 21.1. The molecule has 8 heteroatoms. The minimum atomic E-state index is -0.518. The van der Waals surface area contributed by atoms with E-state index in [4.69, 9.17) is 15.2 Å². The molecular weight excluding hydrogens is 384 g/mol. The van der Waals surface area contributed by atoms with Crippen LogP contribution in [0.25, 0.3) is 16.6 Å². The molecule has 0 saturated heterocycles. The number of carbonyl (C=O) groups excluding carboxylic acids is 2. The molecule has 0 unspecified atom stereocenters. The monoisotopic (exact) mass is 410 g/mol. The lowest BCUT2D eigenvalue weighted by molar-refractivity contribution is -0.00620. The van der Waals surface area contributed by atoms with Crippen molar-refractivity contribution in [1.82, 2.24) is 14.1 Å². The second kappa shape index (κ2) is 8.81. The number of methoxy groups -OCH3 is 1. The maximum absolute atomic E-state index is 12.3. The molecule has 0 bridgehead atoms. The summed E-state index contributed by atoms with van der Waals surface area (Å²) in [5.41, 5.74) is 8.16. The van der Waals surface area contributed by atoms with Crippen molar-refractivity contribution in [2.45, 2.75) is 37.8 Å². The summed E-state index contributed by atoms with van der Waals surface area (Å²) in [5, 5.41) is 0.725. The van der Waals surface area contributed by atoms with Crippen LogP contribution in [0.5, 0.6) is 0 Å². The van der Waals surface area contributed by atoms with E-state index in [9.17, 15) is 9.59 Å². The molecular formula is C22H26N4O4. The molecule has 1 aliphatic rings. The van der Waals surface area contributed by atoms with Crippen LogP contribution in [-0.2, 0) is 9.47 Å². The van der Waals surface area contributed by atoms with E-state index in [0.717, 1.165) is 48.6 Å². The highest BCUT2D eigenvalue weighted by molar-refractivity contribution is 6.10. The van der Waals surface area contributed by atoms with Gasteiger partial charge in [-0.15, -0.1) is 0 Å². The lowest BCUT2D eigenvalue weighted by Crippen LogP contribution is -2.25. The number of rotatable bonds is 8. The zero-order valence-corrected chi connectivity index (χ0v) is 17.0. The van der Waals surface area contributed by atoms with Crippen LogP contribution >= 0.6 is 0 Å². The molecule has 1 saturated carbocycles. The van der Waals surface area contributed by atoms with E-state index in [1.54, 1.807) is 36.5 Å². The molecule has 0 spiro atoms. The Morgan fingerprint density at radius 1 is 1.27 bits per heavy atom. The standard InChI is InChI=1S/C22H26N4O4/c1-29-8-9-30-18-4-2-16(3-5-18)26-12-15(13-27)19-10-17(25-7-6-24-14-25)11-20(21(19)26)22(23)28/h6-7,10-14,16,18H,2-5,8-9H2,1H3,(H2,23,28). The minimum Gasteiger partial charge on any atom is -0.382 e. The smallest absolute Gasteiger partial charge is 0.250 e. The molecule has 30 heavy (non-hydrogen) atoms. The van der Waals surface area contributed by atoms with Gasteiger partial charge >= 0.3 is 0 Å². The van der Waals surface area contributed by atoms with E-state index in [2.05, 4.69) is 9.55 Å². The number of ether oxygens (including phenoxy) is 2. The second-order valence-electron chi connectivity index (χ2n) is 7.63. The number of amides is 1. The third-order valence-corrected chi connectivity index (χ3v) is 5.82. The fourth-order valence-electron chi connectivity index (χ4n) is 4.32. The first kappa shape index (κ1) is 20.3. The van der Waals surface area contributed by atoms with Crippen LogP contribution in [0.15, 0.2) is 37.1 Å². The van der Waals surface area contributed by atoms with Crippen LogP contribution in [0.1, 0.15) is 52.4 Å². The molecule has 1 aliphatic carbocycles. The Labute approximate surface area is 174 Å². The first-order valence-electron chi connectivity index (χ1n) is 10.1. The average molecular weight is 410 g/mol.